The lowest BCUT2D eigenvalue weighted by molar-refractivity contribution is 0.0535. The molecule has 0 radical (unpaired) electrons. The molecule has 1 fully saturated rings. The first-order chi connectivity index (χ1) is 14.8. The predicted octanol–water partition coefficient (Wildman–Crippen LogP) is 3.73. The van der Waals surface area contributed by atoms with Crippen LogP contribution in [0, 0.1) is 0 Å². The van der Waals surface area contributed by atoms with Gasteiger partial charge >= 0.3 is 0 Å². The topological polar surface area (TPSA) is 71.3 Å². The first-order valence-corrected chi connectivity index (χ1v) is 10.9. The number of hydrogen-bond donors (Lipinski definition) is 0. The zero-order valence-electron chi connectivity index (χ0n) is 18.6. The van der Waals surface area contributed by atoms with Crippen molar-refractivity contribution >= 4 is 22.8 Å². The summed E-state index contributed by atoms with van der Waals surface area (Å²) in [5.74, 6) is 0.402. The number of fused-ring (bicyclic) bond motifs is 1. The van der Waals surface area contributed by atoms with Gasteiger partial charge in [-0.25, -0.2) is 9.67 Å². The molecule has 1 aromatic carbocycles. The second-order valence-electron chi connectivity index (χ2n) is 8.68. The monoisotopic (exact) mass is 419 g/mol. The van der Waals surface area contributed by atoms with Gasteiger partial charge in [-0.05, 0) is 43.5 Å². The quantitative estimate of drug-likeness (QED) is 0.646. The minimum atomic E-state index is -0.0555. The number of carbonyl (C=O) groups excluding carboxylic acids is 2. The number of pyridine rings is 1. The van der Waals surface area contributed by atoms with Crippen molar-refractivity contribution in [3.05, 3.63) is 59.4 Å². The van der Waals surface area contributed by atoms with Gasteiger partial charge in [-0.2, -0.15) is 5.10 Å². The van der Waals surface area contributed by atoms with Crippen LogP contribution in [0.25, 0.3) is 11.0 Å². The molecule has 2 amide bonds. The van der Waals surface area contributed by atoms with Crippen LogP contribution in [0.15, 0.2) is 42.7 Å². The van der Waals surface area contributed by atoms with Crippen molar-refractivity contribution in [1.29, 1.82) is 0 Å². The minimum Gasteiger partial charge on any atom is -0.335 e. The summed E-state index contributed by atoms with van der Waals surface area (Å²) >= 11 is 0. The fourth-order valence-corrected chi connectivity index (χ4v) is 3.92. The maximum atomic E-state index is 13.0. The van der Waals surface area contributed by atoms with Crippen molar-refractivity contribution in [3.63, 3.8) is 0 Å². The van der Waals surface area contributed by atoms with Gasteiger partial charge in [0.25, 0.3) is 11.8 Å². The van der Waals surface area contributed by atoms with E-state index in [2.05, 4.69) is 23.9 Å². The number of benzene rings is 1. The molecule has 0 saturated carbocycles. The summed E-state index contributed by atoms with van der Waals surface area (Å²) in [6.45, 7) is 10.4. The van der Waals surface area contributed by atoms with E-state index in [1.54, 1.807) is 17.3 Å². The first-order valence-electron chi connectivity index (χ1n) is 10.9. The highest BCUT2D eigenvalue weighted by molar-refractivity contribution is 5.97. The van der Waals surface area contributed by atoms with E-state index in [9.17, 15) is 9.59 Å². The van der Waals surface area contributed by atoms with Crippen LogP contribution in [0.2, 0.25) is 0 Å². The van der Waals surface area contributed by atoms with Gasteiger partial charge in [0.15, 0.2) is 5.65 Å². The highest BCUT2D eigenvalue weighted by atomic mass is 16.2. The number of amides is 2. The molecule has 3 heterocycles. The summed E-state index contributed by atoms with van der Waals surface area (Å²) in [5, 5.41) is 5.23. The zero-order chi connectivity index (χ0) is 22.1. The molecule has 3 aromatic rings. The van der Waals surface area contributed by atoms with Gasteiger partial charge in [0.1, 0.15) is 0 Å². The lowest BCUT2D eigenvalue weighted by Gasteiger charge is -2.34. The summed E-state index contributed by atoms with van der Waals surface area (Å²) in [4.78, 5) is 33.9. The van der Waals surface area contributed by atoms with E-state index < -0.39 is 0 Å². The molecule has 4 rings (SSSR count). The average molecular weight is 420 g/mol. The molecule has 0 spiro atoms. The van der Waals surface area contributed by atoms with Crippen LogP contribution in [0.4, 0.5) is 0 Å². The van der Waals surface area contributed by atoms with Crippen molar-refractivity contribution in [1.82, 2.24) is 24.6 Å². The summed E-state index contributed by atoms with van der Waals surface area (Å²) in [7, 11) is 0. The lowest BCUT2D eigenvalue weighted by Crippen LogP contribution is -2.50. The molecular formula is C24H29N5O2. The van der Waals surface area contributed by atoms with E-state index in [1.807, 2.05) is 53.8 Å². The van der Waals surface area contributed by atoms with E-state index in [4.69, 9.17) is 0 Å². The molecule has 0 atom stereocenters. The van der Waals surface area contributed by atoms with Crippen LogP contribution in [0.3, 0.4) is 0 Å². The Hall–Kier alpha value is -3.22. The highest BCUT2D eigenvalue weighted by Gasteiger charge is 2.26. The lowest BCUT2D eigenvalue weighted by atomic mass is 10.0. The molecule has 1 saturated heterocycles. The molecule has 0 N–H and O–H groups in total. The van der Waals surface area contributed by atoms with Crippen molar-refractivity contribution in [2.45, 2.75) is 39.7 Å². The Balaban J connectivity index is 1.40. The van der Waals surface area contributed by atoms with E-state index in [-0.39, 0.29) is 17.9 Å². The number of carbonyl (C=O) groups is 2. The summed E-state index contributed by atoms with van der Waals surface area (Å²) in [6, 6.07) is 9.88. The third-order valence-corrected chi connectivity index (χ3v) is 5.85. The van der Waals surface area contributed by atoms with Crippen LogP contribution < -0.4 is 0 Å². The Morgan fingerprint density at radius 1 is 0.839 bits per heavy atom. The van der Waals surface area contributed by atoms with Gasteiger partial charge < -0.3 is 9.80 Å². The normalized spacial score (nSPS) is 14.6. The van der Waals surface area contributed by atoms with Gasteiger partial charge in [-0.1, -0.05) is 26.0 Å². The molecule has 162 valence electrons. The molecule has 1 aliphatic heterocycles. The highest BCUT2D eigenvalue weighted by Crippen LogP contribution is 2.19. The first kappa shape index (κ1) is 21.0. The second kappa shape index (κ2) is 8.49. The SMILES string of the molecule is CC(C)c1ccc(C(=O)N2CCN(C(=O)c3cnc4c(cnn4C(C)C)c3)CC2)cc1. The standard InChI is InChI=1S/C24H29N5O2/c1-16(2)18-5-7-19(8-6-18)23(30)27-9-11-28(12-10-27)24(31)21-13-20-15-26-29(17(3)4)22(20)25-14-21/h5-8,13-17H,9-12H2,1-4H3. The van der Waals surface area contributed by atoms with E-state index in [1.165, 1.54) is 5.56 Å². The van der Waals surface area contributed by atoms with Crippen molar-refractivity contribution in [2.24, 2.45) is 0 Å². The Labute approximate surface area is 182 Å². The Morgan fingerprint density at radius 3 is 1.97 bits per heavy atom. The van der Waals surface area contributed by atoms with Crippen LogP contribution in [-0.2, 0) is 0 Å². The van der Waals surface area contributed by atoms with Gasteiger partial charge in [-0.3, -0.25) is 9.59 Å². The van der Waals surface area contributed by atoms with Crippen LogP contribution in [-0.4, -0.2) is 62.6 Å². The maximum absolute atomic E-state index is 13.0. The Bertz CT molecular complexity index is 1090. The third-order valence-electron chi connectivity index (χ3n) is 5.85. The molecule has 31 heavy (non-hydrogen) atoms. The molecule has 0 unspecified atom stereocenters. The summed E-state index contributed by atoms with van der Waals surface area (Å²) in [6.07, 6.45) is 3.37. The van der Waals surface area contributed by atoms with E-state index in [0.29, 0.717) is 43.2 Å². The second-order valence-corrected chi connectivity index (χ2v) is 8.68. The Morgan fingerprint density at radius 2 is 1.42 bits per heavy atom. The number of aromatic nitrogens is 3. The molecule has 1 aliphatic rings. The van der Waals surface area contributed by atoms with Crippen molar-refractivity contribution in [3.8, 4) is 0 Å². The molecule has 0 aliphatic carbocycles. The summed E-state index contributed by atoms with van der Waals surface area (Å²) in [5.41, 5.74) is 3.25. The van der Waals surface area contributed by atoms with Gasteiger partial charge in [-0.15, -0.1) is 0 Å². The third kappa shape index (κ3) is 4.17. The predicted molar refractivity (Wildman–Crippen MR) is 120 cm³/mol. The maximum Gasteiger partial charge on any atom is 0.255 e. The van der Waals surface area contributed by atoms with Crippen molar-refractivity contribution < 1.29 is 9.59 Å². The fraction of sp³-hybridized carbons (Fsp3) is 0.417. The largest absolute Gasteiger partial charge is 0.335 e. The number of piperazine rings is 1. The molecule has 7 nitrogen and oxygen atoms in total. The smallest absolute Gasteiger partial charge is 0.255 e. The average Bonchev–Trinajstić information content (AvgIpc) is 3.22. The van der Waals surface area contributed by atoms with Crippen molar-refractivity contribution in [2.75, 3.05) is 26.2 Å². The van der Waals surface area contributed by atoms with Gasteiger partial charge in [0.05, 0.1) is 11.8 Å². The van der Waals surface area contributed by atoms with E-state index in [0.717, 1.165) is 11.0 Å². The van der Waals surface area contributed by atoms with Gasteiger partial charge in [0, 0.05) is 49.4 Å². The molecule has 2 aromatic heterocycles. The summed E-state index contributed by atoms with van der Waals surface area (Å²) < 4.78 is 1.85. The number of nitrogens with zero attached hydrogens (tertiary/aromatic N) is 5. The van der Waals surface area contributed by atoms with E-state index >= 15 is 0 Å². The molecule has 0 bridgehead atoms. The van der Waals surface area contributed by atoms with Crippen LogP contribution in [0.5, 0.6) is 0 Å². The molecular weight excluding hydrogens is 390 g/mol. The minimum absolute atomic E-state index is 0.0200. The van der Waals surface area contributed by atoms with Crippen LogP contribution >= 0.6 is 0 Å². The Kier molecular flexibility index (Phi) is 5.76. The van der Waals surface area contributed by atoms with Crippen LogP contribution in [0.1, 0.15) is 65.9 Å². The zero-order valence-corrected chi connectivity index (χ0v) is 18.6. The number of hydrogen-bond acceptors (Lipinski definition) is 4. The fourth-order valence-electron chi connectivity index (χ4n) is 3.92. The molecule has 7 heteroatoms. The number of rotatable bonds is 4. The van der Waals surface area contributed by atoms with Gasteiger partial charge in [0.2, 0.25) is 0 Å².